The lowest BCUT2D eigenvalue weighted by atomic mass is 9.49. The summed E-state index contributed by atoms with van der Waals surface area (Å²) in [5.41, 5.74) is 5.49. The number of carbonyl (C=O) groups is 5. The van der Waals surface area contributed by atoms with Gasteiger partial charge in [-0.2, -0.15) is 5.26 Å². The number of ether oxygens (including phenoxy) is 1. The van der Waals surface area contributed by atoms with Gasteiger partial charge in [0.1, 0.15) is 24.0 Å². The molecule has 5 heterocycles. The van der Waals surface area contributed by atoms with Crippen LogP contribution in [0.1, 0.15) is 107 Å². The molecule has 9 rings (SSSR count). The number of imide groups is 2. The lowest BCUT2D eigenvalue weighted by Crippen LogP contribution is -2.74. The maximum absolute atomic E-state index is 13.9. The highest BCUT2D eigenvalue weighted by molar-refractivity contribution is 6.31. The molecule has 0 bridgehead atoms. The molecule has 0 spiro atoms. The first-order valence-corrected chi connectivity index (χ1v) is 20.7. The van der Waals surface area contributed by atoms with Crippen molar-refractivity contribution >= 4 is 46.8 Å². The number of carbonyl (C=O) groups excluding carboxylic acids is 5. The van der Waals surface area contributed by atoms with E-state index in [-0.39, 0.29) is 47.6 Å². The highest BCUT2D eigenvalue weighted by Gasteiger charge is 2.67. The molecular formula is C45H47ClN6O6. The minimum absolute atomic E-state index is 0.0453. The Bertz CT molecular complexity index is 2330. The number of nitriles is 1. The summed E-state index contributed by atoms with van der Waals surface area (Å²) in [6.07, 6.45) is 2.93. The van der Waals surface area contributed by atoms with Crippen LogP contribution in [0.15, 0.2) is 48.5 Å². The molecule has 3 fully saturated rings. The van der Waals surface area contributed by atoms with Crippen molar-refractivity contribution in [1.82, 2.24) is 20.0 Å². The van der Waals surface area contributed by atoms with Crippen LogP contribution >= 0.6 is 11.6 Å². The zero-order valence-electron chi connectivity index (χ0n) is 33.3. The number of amides is 5. The minimum atomic E-state index is -0.969. The van der Waals surface area contributed by atoms with Crippen LogP contribution in [0.3, 0.4) is 0 Å². The lowest BCUT2D eigenvalue weighted by Gasteiger charge is -2.65. The first kappa shape index (κ1) is 38.3. The zero-order chi connectivity index (χ0) is 40.8. The van der Waals surface area contributed by atoms with Crippen LogP contribution in [-0.2, 0) is 29.1 Å². The molecule has 0 aromatic heterocycles. The van der Waals surface area contributed by atoms with Crippen molar-refractivity contribution in [2.75, 3.05) is 31.1 Å². The quantitative estimate of drug-likeness (QED) is 0.297. The topological polar surface area (TPSA) is 143 Å². The molecule has 5 amide bonds. The van der Waals surface area contributed by atoms with Gasteiger partial charge in [-0.3, -0.25) is 39.1 Å². The Labute approximate surface area is 343 Å². The van der Waals surface area contributed by atoms with Gasteiger partial charge in [-0.05, 0) is 90.8 Å². The third-order valence-electron chi connectivity index (χ3n) is 13.7. The van der Waals surface area contributed by atoms with Gasteiger partial charge in [-0.15, -0.1) is 0 Å². The van der Waals surface area contributed by atoms with Crippen molar-refractivity contribution in [2.24, 2.45) is 16.7 Å². The van der Waals surface area contributed by atoms with Crippen molar-refractivity contribution in [2.45, 2.75) is 91.1 Å². The van der Waals surface area contributed by atoms with Crippen molar-refractivity contribution in [1.29, 1.82) is 5.26 Å². The van der Waals surface area contributed by atoms with Crippen LogP contribution in [0.5, 0.6) is 5.75 Å². The standard InChI is InChI=1S/C45H47ClN6O6/c1-44(2)42(45(3,4)43(44)58-31-7-5-27(21-47)35(46)20-31)51-24-29-17-30(6-8-32(29)39(51)55)50-15-11-25(12-16-50)22-49-14-13-26-18-33-34(19-28(26)23-49)41(57)52(40(33)56)36-9-10-37(53)48-38(36)54/h5-8,17-20,25,36,42-43H,9-16,22-24H2,1-4H3,(H,48,53,54)/t36?,42-,43-. The largest absolute Gasteiger partial charge is 0.489 e. The maximum Gasteiger partial charge on any atom is 0.262 e. The van der Waals surface area contributed by atoms with Gasteiger partial charge in [0.05, 0.1) is 21.7 Å². The van der Waals surface area contributed by atoms with E-state index >= 15 is 0 Å². The normalized spacial score (nSPS) is 25.2. The summed E-state index contributed by atoms with van der Waals surface area (Å²) in [6.45, 7) is 13.5. The summed E-state index contributed by atoms with van der Waals surface area (Å²) in [4.78, 5) is 72.8. The van der Waals surface area contributed by atoms with Crippen molar-refractivity contribution < 1.29 is 28.7 Å². The van der Waals surface area contributed by atoms with Gasteiger partial charge < -0.3 is 14.5 Å². The first-order valence-electron chi connectivity index (χ1n) is 20.3. The summed E-state index contributed by atoms with van der Waals surface area (Å²) in [5.74, 6) is -0.729. The van der Waals surface area contributed by atoms with Gasteiger partial charge >= 0.3 is 0 Å². The number of hydrogen-bond acceptors (Lipinski definition) is 9. The fourth-order valence-corrected chi connectivity index (χ4v) is 11.4. The third-order valence-corrected chi connectivity index (χ3v) is 14.0. The maximum atomic E-state index is 13.9. The predicted octanol–water partition coefficient (Wildman–Crippen LogP) is 5.73. The monoisotopic (exact) mass is 802 g/mol. The van der Waals surface area contributed by atoms with Crippen LogP contribution in [-0.4, -0.2) is 88.6 Å². The second kappa shape index (κ2) is 13.9. The van der Waals surface area contributed by atoms with E-state index in [9.17, 15) is 29.2 Å². The molecule has 3 aromatic carbocycles. The number of nitrogens with one attached hydrogen (secondary N) is 1. The molecule has 1 saturated carbocycles. The molecule has 3 aromatic rings. The second-order valence-corrected chi connectivity index (χ2v) is 18.5. The Balaban J connectivity index is 0.807. The van der Waals surface area contributed by atoms with Gasteiger partial charge in [0.25, 0.3) is 17.7 Å². The van der Waals surface area contributed by atoms with E-state index in [0.717, 1.165) is 78.3 Å². The summed E-state index contributed by atoms with van der Waals surface area (Å²) in [6, 6.07) is 16.2. The summed E-state index contributed by atoms with van der Waals surface area (Å²) < 4.78 is 6.50. The van der Waals surface area contributed by atoms with Crippen LogP contribution in [0.25, 0.3) is 0 Å². The smallest absolute Gasteiger partial charge is 0.262 e. The van der Waals surface area contributed by atoms with E-state index in [1.807, 2.05) is 23.1 Å². The van der Waals surface area contributed by atoms with Crippen LogP contribution in [0.4, 0.5) is 5.69 Å². The number of piperidine rings is 2. The molecule has 6 aliphatic rings. The molecule has 12 nitrogen and oxygen atoms in total. The Kier molecular flexibility index (Phi) is 9.21. The van der Waals surface area contributed by atoms with Gasteiger partial charge in [0.2, 0.25) is 11.8 Å². The fourth-order valence-electron chi connectivity index (χ4n) is 11.2. The Hall–Kier alpha value is -5.25. The number of benzene rings is 3. The molecule has 0 radical (unpaired) electrons. The van der Waals surface area contributed by atoms with E-state index < -0.39 is 23.8 Å². The van der Waals surface area contributed by atoms with Gasteiger partial charge in [0, 0.05) is 79.9 Å². The third kappa shape index (κ3) is 6.16. The average molecular weight is 803 g/mol. The van der Waals surface area contributed by atoms with E-state index in [1.54, 1.807) is 18.2 Å². The van der Waals surface area contributed by atoms with E-state index in [0.29, 0.717) is 46.5 Å². The summed E-state index contributed by atoms with van der Waals surface area (Å²) >= 11 is 6.31. The Morgan fingerprint density at radius 2 is 1.50 bits per heavy atom. The number of anilines is 1. The van der Waals surface area contributed by atoms with E-state index in [2.05, 4.69) is 61.0 Å². The fraction of sp³-hybridized carbons (Fsp3) is 0.467. The molecular weight excluding hydrogens is 756 g/mol. The molecule has 1 atom stereocenters. The second-order valence-electron chi connectivity index (χ2n) is 18.1. The van der Waals surface area contributed by atoms with Crippen LogP contribution in [0.2, 0.25) is 5.02 Å². The zero-order valence-corrected chi connectivity index (χ0v) is 34.0. The SMILES string of the molecule is CC1(C)[C@H](Oc2ccc(C#N)c(Cl)c2)C(C)(C)[C@H]1N1Cc2cc(N3CCC(CN4CCc5cc6c(cc5C4)C(=O)N(C4CCC(=O)NC4=O)C6=O)CC3)ccc2C1=O. The average Bonchev–Trinajstić information content (AvgIpc) is 3.62. The number of halogens is 1. The van der Waals surface area contributed by atoms with Crippen molar-refractivity contribution in [3.63, 3.8) is 0 Å². The van der Waals surface area contributed by atoms with E-state index in [4.69, 9.17) is 16.3 Å². The van der Waals surface area contributed by atoms with Crippen LogP contribution in [0, 0.1) is 28.1 Å². The van der Waals surface area contributed by atoms with Crippen molar-refractivity contribution in [3.8, 4) is 11.8 Å². The molecule has 300 valence electrons. The van der Waals surface area contributed by atoms with Crippen LogP contribution < -0.4 is 15.0 Å². The molecule has 5 aliphatic heterocycles. The predicted molar refractivity (Wildman–Crippen MR) is 215 cm³/mol. The minimum Gasteiger partial charge on any atom is -0.489 e. The number of hydrogen-bond donors (Lipinski definition) is 1. The van der Waals surface area contributed by atoms with Gasteiger partial charge in [-0.25, -0.2) is 0 Å². The molecule has 1 N–H and O–H groups in total. The summed E-state index contributed by atoms with van der Waals surface area (Å²) in [7, 11) is 0. The highest BCUT2D eigenvalue weighted by atomic mass is 35.5. The molecule has 13 heteroatoms. The number of nitrogens with zero attached hydrogens (tertiary/aromatic N) is 5. The summed E-state index contributed by atoms with van der Waals surface area (Å²) in [5, 5.41) is 11.9. The van der Waals surface area contributed by atoms with Crippen molar-refractivity contribution in [3.05, 3.63) is 92.5 Å². The highest BCUT2D eigenvalue weighted by Crippen LogP contribution is 2.59. The Morgan fingerprint density at radius 1 is 0.793 bits per heavy atom. The number of rotatable bonds is 7. The molecule has 58 heavy (non-hydrogen) atoms. The van der Waals surface area contributed by atoms with E-state index in [1.165, 1.54) is 0 Å². The van der Waals surface area contributed by atoms with Gasteiger partial charge in [-0.1, -0.05) is 39.3 Å². The lowest BCUT2D eigenvalue weighted by molar-refractivity contribution is -0.199. The first-order chi connectivity index (χ1) is 27.6. The number of fused-ring (bicyclic) bond motifs is 3. The molecule has 1 unspecified atom stereocenters. The molecule has 2 saturated heterocycles. The Morgan fingerprint density at radius 3 is 2.17 bits per heavy atom. The molecule has 1 aliphatic carbocycles. The van der Waals surface area contributed by atoms with Gasteiger partial charge in [0.15, 0.2) is 0 Å².